The molecule has 3 heteroatoms. The van der Waals surface area contributed by atoms with E-state index in [-0.39, 0.29) is 10.8 Å². The van der Waals surface area contributed by atoms with Crippen molar-refractivity contribution in [1.29, 1.82) is 0 Å². The van der Waals surface area contributed by atoms with E-state index < -0.39 is 0 Å². The van der Waals surface area contributed by atoms with Gasteiger partial charge in [-0.1, -0.05) is 97.1 Å². The monoisotopic (exact) mass is 490 g/mol. The summed E-state index contributed by atoms with van der Waals surface area (Å²) in [6.45, 7) is 6.82. The molecule has 4 aromatic rings. The molecule has 2 heterocycles. The summed E-state index contributed by atoms with van der Waals surface area (Å²) in [5.41, 5.74) is 4.92. The number of rotatable bonds is 10. The topological polar surface area (TPSA) is 25.4 Å². The molecule has 190 valence electrons. The van der Waals surface area contributed by atoms with Gasteiger partial charge in [0, 0.05) is 18.2 Å². The van der Waals surface area contributed by atoms with Crippen molar-refractivity contribution in [2.24, 2.45) is 0 Å². The van der Waals surface area contributed by atoms with Crippen molar-refractivity contribution in [2.75, 3.05) is 32.8 Å². The summed E-state index contributed by atoms with van der Waals surface area (Å²) in [4.78, 5) is 7.58. The Morgan fingerprint density at radius 3 is 1.86 bits per heavy atom. The van der Waals surface area contributed by atoms with Crippen molar-refractivity contribution in [2.45, 2.75) is 37.0 Å². The van der Waals surface area contributed by atoms with E-state index in [9.17, 15) is 0 Å². The van der Waals surface area contributed by atoms with E-state index in [2.05, 4.69) is 115 Å². The molecule has 0 amide bonds. The van der Waals surface area contributed by atoms with Crippen LogP contribution in [0.25, 0.3) is 0 Å². The van der Waals surface area contributed by atoms with Crippen LogP contribution in [-0.2, 0) is 15.6 Å². The van der Waals surface area contributed by atoms with Gasteiger partial charge in [-0.05, 0) is 74.6 Å². The summed E-state index contributed by atoms with van der Waals surface area (Å²) in [5.74, 6) is 0. The Labute approximate surface area is 222 Å². The van der Waals surface area contributed by atoms with E-state index in [1.54, 1.807) is 0 Å². The average Bonchev–Trinajstić information content (AvgIpc) is 2.99. The second-order valence-electron chi connectivity index (χ2n) is 10.2. The summed E-state index contributed by atoms with van der Waals surface area (Å²) in [6, 6.07) is 39.2. The molecule has 0 spiro atoms. The summed E-state index contributed by atoms with van der Waals surface area (Å²) >= 11 is 0. The van der Waals surface area contributed by atoms with Crippen LogP contribution in [0.1, 0.15) is 48.6 Å². The van der Waals surface area contributed by atoms with Crippen LogP contribution in [-0.4, -0.2) is 42.7 Å². The smallest absolute Gasteiger partial charge is 0.0635 e. The predicted octanol–water partition coefficient (Wildman–Crippen LogP) is 6.88. The molecule has 1 aliphatic heterocycles. The molecular weight excluding hydrogens is 452 g/mol. The largest absolute Gasteiger partial charge is 0.381 e. The van der Waals surface area contributed by atoms with Crippen molar-refractivity contribution in [1.82, 2.24) is 9.88 Å². The fourth-order valence-electron chi connectivity index (χ4n) is 6.08. The molecule has 1 fully saturated rings. The molecule has 1 aromatic heterocycles. The Hall–Kier alpha value is -3.27. The van der Waals surface area contributed by atoms with Gasteiger partial charge in [-0.3, -0.25) is 4.98 Å². The maximum absolute atomic E-state index is 6.03. The van der Waals surface area contributed by atoms with E-state index in [1.807, 2.05) is 12.3 Å². The van der Waals surface area contributed by atoms with E-state index >= 15 is 0 Å². The van der Waals surface area contributed by atoms with Gasteiger partial charge in [0.2, 0.25) is 0 Å². The van der Waals surface area contributed by atoms with Crippen molar-refractivity contribution in [3.05, 3.63) is 138 Å². The fraction of sp³-hybridized carbons (Fsp3) is 0.324. The number of hydrogen-bond acceptors (Lipinski definition) is 3. The summed E-state index contributed by atoms with van der Waals surface area (Å²) < 4.78 is 6.03. The molecule has 0 saturated carbocycles. The van der Waals surface area contributed by atoms with Gasteiger partial charge in [0.15, 0.2) is 0 Å². The van der Waals surface area contributed by atoms with Crippen molar-refractivity contribution in [3.63, 3.8) is 0 Å². The molecule has 5 rings (SSSR count). The standard InChI is InChI=1S/C34H38N2O/c1-2-37-28-33(29-14-6-3-7-15-29)21-25-36(26-22-33)27-23-34(30-16-8-4-9-17-30,31-18-10-5-11-19-31)32-20-12-13-24-35-32/h3-20,24H,2,21-23,25-28H2,1H3. The SMILES string of the molecule is CCOCC1(c2ccccc2)CCN(CCC(c2ccccc2)(c2ccccc2)c2ccccn2)CC1. The molecule has 0 unspecified atom stereocenters. The molecule has 3 nitrogen and oxygen atoms in total. The van der Waals surface area contributed by atoms with Crippen molar-refractivity contribution < 1.29 is 4.74 Å². The first-order valence-electron chi connectivity index (χ1n) is 13.6. The third kappa shape index (κ3) is 5.39. The lowest BCUT2D eigenvalue weighted by molar-refractivity contribution is 0.0495. The molecule has 0 N–H and O–H groups in total. The molecule has 3 aromatic carbocycles. The quantitative estimate of drug-likeness (QED) is 0.242. The lowest BCUT2D eigenvalue weighted by Crippen LogP contribution is -2.46. The molecule has 0 bridgehead atoms. The number of likely N-dealkylation sites (tertiary alicyclic amines) is 1. The van der Waals surface area contributed by atoms with Crippen LogP contribution in [0, 0.1) is 0 Å². The Morgan fingerprint density at radius 1 is 0.757 bits per heavy atom. The molecule has 1 aliphatic rings. The average molecular weight is 491 g/mol. The van der Waals surface area contributed by atoms with Gasteiger partial charge >= 0.3 is 0 Å². The third-order valence-corrected chi connectivity index (χ3v) is 8.22. The normalized spacial score (nSPS) is 15.9. The zero-order valence-electron chi connectivity index (χ0n) is 21.9. The maximum atomic E-state index is 6.03. The van der Waals surface area contributed by atoms with Crippen LogP contribution in [0.15, 0.2) is 115 Å². The number of nitrogens with zero attached hydrogens (tertiary/aromatic N) is 2. The van der Waals surface area contributed by atoms with E-state index in [4.69, 9.17) is 9.72 Å². The van der Waals surface area contributed by atoms with Gasteiger partial charge in [-0.25, -0.2) is 0 Å². The van der Waals surface area contributed by atoms with Crippen LogP contribution in [0.2, 0.25) is 0 Å². The van der Waals surface area contributed by atoms with E-state index in [0.29, 0.717) is 0 Å². The number of benzene rings is 3. The molecule has 0 atom stereocenters. The highest BCUT2D eigenvalue weighted by atomic mass is 16.5. The number of pyridine rings is 1. The highest BCUT2D eigenvalue weighted by Crippen LogP contribution is 2.42. The Bertz CT molecular complexity index is 1110. The second kappa shape index (κ2) is 11.9. The first-order valence-corrected chi connectivity index (χ1v) is 13.6. The Morgan fingerprint density at radius 2 is 1.32 bits per heavy atom. The zero-order valence-corrected chi connectivity index (χ0v) is 21.9. The molecule has 0 aliphatic carbocycles. The fourth-order valence-corrected chi connectivity index (χ4v) is 6.08. The minimum atomic E-state index is -0.303. The Balaban J connectivity index is 1.42. The maximum Gasteiger partial charge on any atom is 0.0635 e. The van der Waals surface area contributed by atoms with Crippen molar-refractivity contribution >= 4 is 0 Å². The number of aromatic nitrogens is 1. The zero-order chi connectivity index (χ0) is 25.4. The lowest BCUT2D eigenvalue weighted by Gasteiger charge is -2.43. The number of piperidine rings is 1. The third-order valence-electron chi connectivity index (χ3n) is 8.22. The molecular formula is C34H38N2O. The van der Waals surface area contributed by atoms with E-state index in [1.165, 1.54) is 16.7 Å². The van der Waals surface area contributed by atoms with Crippen LogP contribution in [0.5, 0.6) is 0 Å². The van der Waals surface area contributed by atoms with Crippen LogP contribution in [0.3, 0.4) is 0 Å². The van der Waals surface area contributed by atoms with Crippen LogP contribution in [0.4, 0.5) is 0 Å². The molecule has 1 saturated heterocycles. The van der Waals surface area contributed by atoms with Gasteiger partial charge < -0.3 is 9.64 Å². The van der Waals surface area contributed by atoms with Gasteiger partial charge in [-0.15, -0.1) is 0 Å². The molecule has 37 heavy (non-hydrogen) atoms. The number of ether oxygens (including phenoxy) is 1. The van der Waals surface area contributed by atoms with Gasteiger partial charge in [0.25, 0.3) is 0 Å². The molecule has 0 radical (unpaired) electrons. The van der Waals surface area contributed by atoms with Gasteiger partial charge in [0.1, 0.15) is 0 Å². The summed E-state index contributed by atoms with van der Waals surface area (Å²) in [7, 11) is 0. The second-order valence-corrected chi connectivity index (χ2v) is 10.2. The first kappa shape index (κ1) is 25.4. The van der Waals surface area contributed by atoms with Crippen LogP contribution >= 0.6 is 0 Å². The minimum Gasteiger partial charge on any atom is -0.381 e. The highest BCUT2D eigenvalue weighted by molar-refractivity contribution is 5.48. The first-order chi connectivity index (χ1) is 18.3. The highest BCUT2D eigenvalue weighted by Gasteiger charge is 2.40. The van der Waals surface area contributed by atoms with Gasteiger partial charge in [-0.2, -0.15) is 0 Å². The number of hydrogen-bond donors (Lipinski definition) is 0. The van der Waals surface area contributed by atoms with E-state index in [0.717, 1.165) is 57.8 Å². The van der Waals surface area contributed by atoms with Crippen molar-refractivity contribution in [3.8, 4) is 0 Å². The lowest BCUT2D eigenvalue weighted by atomic mass is 9.69. The predicted molar refractivity (Wildman–Crippen MR) is 152 cm³/mol. The summed E-state index contributed by atoms with van der Waals surface area (Å²) in [5, 5.41) is 0. The van der Waals surface area contributed by atoms with Gasteiger partial charge in [0.05, 0.1) is 17.7 Å². The summed E-state index contributed by atoms with van der Waals surface area (Å²) in [6.07, 6.45) is 5.13. The van der Waals surface area contributed by atoms with Crippen LogP contribution < -0.4 is 0 Å². The Kier molecular flexibility index (Phi) is 8.13. The minimum absolute atomic E-state index is 0.102.